The zero-order chi connectivity index (χ0) is 15.3. The molecule has 0 saturated carbocycles. The molecule has 1 aromatic carbocycles. The highest BCUT2D eigenvalue weighted by Gasteiger charge is 2.57. The first-order chi connectivity index (χ1) is 9.00. The van der Waals surface area contributed by atoms with E-state index in [1.807, 2.05) is 66.9 Å². The summed E-state index contributed by atoms with van der Waals surface area (Å²) in [6.45, 7) is 12.3. The summed E-state index contributed by atoms with van der Waals surface area (Å²) in [6, 6.07) is 8.15. The molecule has 2 rings (SSSR count). The maximum atomic E-state index is 16.4. The molecule has 0 saturated heterocycles. The van der Waals surface area contributed by atoms with Gasteiger partial charge in [0, 0.05) is 24.1 Å². The number of rotatable bonds is 1. The van der Waals surface area contributed by atoms with Crippen molar-refractivity contribution in [3.05, 3.63) is 30.5 Å². The third-order valence-corrected chi connectivity index (χ3v) is 9.61. The van der Waals surface area contributed by atoms with Crippen molar-refractivity contribution in [1.29, 1.82) is 0 Å². The molecule has 1 heterocycles. The van der Waals surface area contributed by atoms with Crippen molar-refractivity contribution in [2.24, 2.45) is 7.05 Å². The molecule has 1 nitrogen and oxygen atoms in total. The van der Waals surface area contributed by atoms with Crippen LogP contribution in [0, 0.1) is 0 Å². The number of aryl methyl sites for hydroxylation is 1. The predicted molar refractivity (Wildman–Crippen MR) is 88.8 cm³/mol. The van der Waals surface area contributed by atoms with E-state index >= 15 is 4.11 Å². The average molecular weight is 291 g/mol. The van der Waals surface area contributed by atoms with E-state index in [0.29, 0.717) is 0 Å². The quantitative estimate of drug-likeness (QED) is 0.520. The molecule has 110 valence electrons. The molecule has 0 spiro atoms. The van der Waals surface area contributed by atoms with Crippen LogP contribution in [0.1, 0.15) is 41.5 Å². The van der Waals surface area contributed by atoms with Crippen molar-refractivity contribution >= 4 is 24.5 Å². The largest absolute Gasteiger partial charge is 0.351 e. The first-order valence-electron chi connectivity index (χ1n) is 7.23. The molecule has 0 fully saturated rings. The van der Waals surface area contributed by atoms with Gasteiger partial charge in [-0.05, 0) is 21.3 Å². The molecule has 0 atom stereocenters. The molecule has 0 N–H and O–H groups in total. The summed E-state index contributed by atoms with van der Waals surface area (Å²) in [7, 11) is -1.19. The molecule has 0 aliphatic rings. The maximum absolute atomic E-state index is 16.4. The van der Waals surface area contributed by atoms with Gasteiger partial charge >= 0.3 is 0 Å². The second kappa shape index (κ2) is 4.45. The first kappa shape index (κ1) is 15.3. The molecular formula is C17H26FNSi. The topological polar surface area (TPSA) is 4.93 Å². The fraction of sp³-hybridized carbons (Fsp3) is 0.529. The van der Waals surface area contributed by atoms with E-state index in [2.05, 4.69) is 16.7 Å². The third-order valence-electron chi connectivity index (χ3n) is 4.34. The standard InChI is InChI=1S/C17H26FNSi/c1-16(2,3)20(18,17(4,5)6)15-12-19(7)14-11-9-8-10-13(14)15/h8-12H,1-7H3. The normalized spacial score (nSPS) is 14.0. The number of hydrogen-bond acceptors (Lipinski definition) is 0. The van der Waals surface area contributed by atoms with E-state index in [0.717, 1.165) is 16.1 Å². The molecule has 0 bridgehead atoms. The minimum absolute atomic E-state index is 0.338. The summed E-state index contributed by atoms with van der Waals surface area (Å²) in [5.74, 6) is 0. The van der Waals surface area contributed by atoms with Gasteiger partial charge in [-0.15, -0.1) is 0 Å². The lowest BCUT2D eigenvalue weighted by atomic mass is 10.2. The summed E-state index contributed by atoms with van der Waals surface area (Å²) >= 11 is 0. The Morgan fingerprint density at radius 2 is 1.45 bits per heavy atom. The first-order valence-corrected chi connectivity index (χ1v) is 9.11. The fourth-order valence-corrected chi connectivity index (χ4v) is 8.37. The Balaban J connectivity index is 2.84. The van der Waals surface area contributed by atoms with E-state index in [1.54, 1.807) is 0 Å². The third kappa shape index (κ3) is 2.03. The highest BCUT2D eigenvalue weighted by atomic mass is 28.4. The zero-order valence-electron chi connectivity index (χ0n) is 13.7. The van der Waals surface area contributed by atoms with Gasteiger partial charge in [0.05, 0.1) is 0 Å². The lowest BCUT2D eigenvalue weighted by molar-refractivity contribution is 0.535. The van der Waals surface area contributed by atoms with Crippen molar-refractivity contribution in [2.75, 3.05) is 0 Å². The van der Waals surface area contributed by atoms with Gasteiger partial charge in [-0.1, -0.05) is 59.7 Å². The van der Waals surface area contributed by atoms with E-state index in [1.165, 1.54) is 0 Å². The molecule has 0 aliphatic carbocycles. The summed E-state index contributed by atoms with van der Waals surface area (Å²) in [5.41, 5.74) is 1.12. The second-order valence-corrected chi connectivity index (χ2v) is 12.7. The molecule has 0 unspecified atom stereocenters. The number of benzene rings is 1. The highest BCUT2D eigenvalue weighted by molar-refractivity contribution is 6.92. The number of para-hydroxylation sites is 1. The molecule has 2 aromatic rings. The van der Waals surface area contributed by atoms with Crippen LogP contribution in [0.15, 0.2) is 30.5 Å². The number of fused-ring (bicyclic) bond motifs is 1. The Kier molecular flexibility index (Phi) is 3.41. The van der Waals surface area contributed by atoms with Gasteiger partial charge in [0.2, 0.25) is 0 Å². The van der Waals surface area contributed by atoms with Crippen LogP contribution in [0.2, 0.25) is 10.1 Å². The Bertz CT molecular complexity index is 614. The van der Waals surface area contributed by atoms with Gasteiger partial charge in [-0.2, -0.15) is 0 Å². The van der Waals surface area contributed by atoms with Crippen LogP contribution >= 0.6 is 0 Å². The maximum Gasteiger partial charge on any atom is 0.290 e. The number of hydrogen-bond donors (Lipinski definition) is 0. The SMILES string of the molecule is Cn1cc([Si](F)(C(C)(C)C)C(C)(C)C)c2ccccc21. The Labute approximate surface area is 123 Å². The van der Waals surface area contributed by atoms with Crippen LogP contribution in [-0.2, 0) is 7.05 Å². The van der Waals surface area contributed by atoms with Gasteiger partial charge in [-0.3, -0.25) is 0 Å². The molecule has 0 aliphatic heterocycles. The minimum atomic E-state index is -3.19. The van der Waals surface area contributed by atoms with Crippen molar-refractivity contribution in [3.63, 3.8) is 0 Å². The summed E-state index contributed by atoms with van der Waals surface area (Å²) in [5, 5.41) is 1.34. The van der Waals surface area contributed by atoms with Crippen molar-refractivity contribution in [3.8, 4) is 0 Å². The Hall–Kier alpha value is -1.09. The van der Waals surface area contributed by atoms with Crippen LogP contribution in [0.4, 0.5) is 4.11 Å². The predicted octanol–water partition coefficient (Wildman–Crippen LogP) is 4.90. The number of halogens is 1. The molecule has 0 amide bonds. The lowest BCUT2D eigenvalue weighted by Crippen LogP contribution is -2.57. The average Bonchev–Trinajstić information content (AvgIpc) is 2.64. The van der Waals surface area contributed by atoms with E-state index < -0.39 is 8.41 Å². The zero-order valence-corrected chi connectivity index (χ0v) is 14.7. The number of aromatic nitrogens is 1. The van der Waals surface area contributed by atoms with Gasteiger partial charge in [0.15, 0.2) is 0 Å². The van der Waals surface area contributed by atoms with Crippen LogP contribution in [0.25, 0.3) is 10.9 Å². The van der Waals surface area contributed by atoms with Gasteiger partial charge in [-0.25, -0.2) is 0 Å². The monoisotopic (exact) mass is 291 g/mol. The number of nitrogens with zero attached hydrogens (tertiary/aromatic N) is 1. The lowest BCUT2D eigenvalue weighted by Gasteiger charge is -2.44. The van der Waals surface area contributed by atoms with E-state index in [9.17, 15) is 0 Å². The summed E-state index contributed by atoms with van der Waals surface area (Å²) in [6.07, 6.45) is 2.02. The molecule has 1 aromatic heterocycles. The van der Waals surface area contributed by atoms with E-state index in [-0.39, 0.29) is 10.1 Å². The van der Waals surface area contributed by atoms with Crippen LogP contribution in [0.5, 0.6) is 0 Å². The van der Waals surface area contributed by atoms with Crippen molar-refractivity contribution in [2.45, 2.75) is 51.6 Å². The van der Waals surface area contributed by atoms with Crippen LogP contribution < -0.4 is 5.19 Å². The second-order valence-electron chi connectivity index (χ2n) is 7.83. The summed E-state index contributed by atoms with van der Waals surface area (Å²) < 4.78 is 18.5. The Morgan fingerprint density at radius 1 is 0.950 bits per heavy atom. The molecule has 20 heavy (non-hydrogen) atoms. The minimum Gasteiger partial charge on any atom is -0.351 e. The van der Waals surface area contributed by atoms with Crippen molar-refractivity contribution in [1.82, 2.24) is 4.57 Å². The van der Waals surface area contributed by atoms with Gasteiger partial charge < -0.3 is 8.67 Å². The smallest absolute Gasteiger partial charge is 0.290 e. The van der Waals surface area contributed by atoms with Gasteiger partial charge in [0.1, 0.15) is 0 Å². The highest BCUT2D eigenvalue weighted by Crippen LogP contribution is 2.52. The fourth-order valence-electron chi connectivity index (χ4n) is 3.55. The van der Waals surface area contributed by atoms with Gasteiger partial charge in [0.25, 0.3) is 8.41 Å². The Morgan fingerprint density at radius 3 is 1.95 bits per heavy atom. The molecule has 3 heteroatoms. The van der Waals surface area contributed by atoms with E-state index in [4.69, 9.17) is 0 Å². The van der Waals surface area contributed by atoms with Crippen LogP contribution in [0.3, 0.4) is 0 Å². The van der Waals surface area contributed by atoms with Crippen molar-refractivity contribution < 1.29 is 4.11 Å². The molecule has 0 radical (unpaired) electrons. The van der Waals surface area contributed by atoms with Crippen LogP contribution in [-0.4, -0.2) is 13.0 Å². The summed E-state index contributed by atoms with van der Waals surface area (Å²) in [4.78, 5) is 0. The molecular weight excluding hydrogens is 265 g/mol.